The molecule has 0 fully saturated rings. The van der Waals surface area contributed by atoms with E-state index in [4.69, 9.17) is 14.2 Å². The second kappa shape index (κ2) is 10.4. The summed E-state index contributed by atoms with van der Waals surface area (Å²) in [6.07, 6.45) is 0. The Labute approximate surface area is 156 Å². The first kappa shape index (κ1) is 19.7. The third kappa shape index (κ3) is 6.30. The average molecular weight is 412 g/mol. The summed E-state index contributed by atoms with van der Waals surface area (Å²) in [7, 11) is 1.68. The van der Waals surface area contributed by atoms with Gasteiger partial charge in [-0.05, 0) is 58.2 Å². The zero-order chi connectivity index (χ0) is 18.1. The number of methoxy groups -OCH3 is 1. The van der Waals surface area contributed by atoms with E-state index in [2.05, 4.69) is 21.2 Å². The zero-order valence-corrected chi connectivity index (χ0v) is 16.1. The van der Waals surface area contributed by atoms with Gasteiger partial charge >= 0.3 is 0 Å². The minimum atomic E-state index is -0.259. The highest BCUT2D eigenvalue weighted by Gasteiger charge is 2.12. The molecule has 25 heavy (non-hydrogen) atoms. The molecule has 6 heteroatoms. The first-order valence-electron chi connectivity index (χ1n) is 8.16. The van der Waals surface area contributed by atoms with Crippen molar-refractivity contribution in [1.29, 1.82) is 0 Å². The molecule has 0 aliphatic carbocycles. The number of hydrogen-bond donors (Lipinski definition) is 1. The number of hydrogen-bond acceptors (Lipinski definition) is 4. The monoisotopic (exact) mass is 411 g/mol. The molecule has 2 aromatic carbocycles. The van der Waals surface area contributed by atoms with E-state index in [1.54, 1.807) is 19.2 Å². The largest absolute Gasteiger partial charge is 0.490 e. The molecule has 0 amide bonds. The summed E-state index contributed by atoms with van der Waals surface area (Å²) in [5.41, 5.74) is 1.97. The van der Waals surface area contributed by atoms with Crippen LogP contribution in [0, 0.1) is 5.82 Å². The van der Waals surface area contributed by atoms with Crippen molar-refractivity contribution in [2.24, 2.45) is 0 Å². The van der Waals surface area contributed by atoms with E-state index in [-0.39, 0.29) is 5.82 Å². The standard InChI is InChI=1S/C19H23BrFNO3/c1-3-24-18-11-15(12-22-8-9-23-2)10-17(20)19(18)25-13-14-4-6-16(21)7-5-14/h4-7,10-11,22H,3,8-9,12-13H2,1-2H3. The molecule has 0 heterocycles. The van der Waals surface area contributed by atoms with Crippen LogP contribution >= 0.6 is 15.9 Å². The molecule has 0 aromatic heterocycles. The Balaban J connectivity index is 2.08. The first-order valence-corrected chi connectivity index (χ1v) is 8.95. The summed E-state index contributed by atoms with van der Waals surface area (Å²) in [6.45, 7) is 4.96. The lowest BCUT2D eigenvalue weighted by Gasteiger charge is -2.16. The topological polar surface area (TPSA) is 39.7 Å². The lowest BCUT2D eigenvalue weighted by atomic mass is 10.2. The highest BCUT2D eigenvalue weighted by molar-refractivity contribution is 9.10. The van der Waals surface area contributed by atoms with Crippen molar-refractivity contribution >= 4 is 15.9 Å². The molecule has 4 nitrogen and oxygen atoms in total. The molecule has 0 aliphatic heterocycles. The SMILES string of the molecule is CCOc1cc(CNCCOC)cc(Br)c1OCc1ccc(F)cc1. The highest BCUT2D eigenvalue weighted by Crippen LogP contribution is 2.37. The Morgan fingerprint density at radius 1 is 1.08 bits per heavy atom. The van der Waals surface area contributed by atoms with Gasteiger partial charge in [-0.2, -0.15) is 0 Å². The molecule has 0 spiro atoms. The second-order valence-corrected chi connectivity index (χ2v) is 6.28. The van der Waals surface area contributed by atoms with Gasteiger partial charge in [0, 0.05) is 20.2 Å². The third-order valence-corrected chi connectivity index (χ3v) is 4.07. The molecule has 0 bridgehead atoms. The molecule has 0 unspecified atom stereocenters. The number of ether oxygens (including phenoxy) is 3. The van der Waals surface area contributed by atoms with Gasteiger partial charge in [0.2, 0.25) is 0 Å². The van der Waals surface area contributed by atoms with Crippen molar-refractivity contribution in [2.45, 2.75) is 20.1 Å². The maximum atomic E-state index is 13.0. The minimum Gasteiger partial charge on any atom is -0.490 e. The Bertz CT molecular complexity index is 664. The van der Waals surface area contributed by atoms with Gasteiger partial charge in [-0.15, -0.1) is 0 Å². The summed E-state index contributed by atoms with van der Waals surface area (Å²) >= 11 is 3.56. The predicted octanol–water partition coefficient (Wildman–Crippen LogP) is 4.30. The molecular weight excluding hydrogens is 389 g/mol. The number of nitrogens with one attached hydrogen (secondary N) is 1. The smallest absolute Gasteiger partial charge is 0.175 e. The Morgan fingerprint density at radius 3 is 2.52 bits per heavy atom. The van der Waals surface area contributed by atoms with Crippen LogP contribution in [0.1, 0.15) is 18.1 Å². The first-order chi connectivity index (χ1) is 12.1. The maximum Gasteiger partial charge on any atom is 0.175 e. The molecule has 0 radical (unpaired) electrons. The zero-order valence-electron chi connectivity index (χ0n) is 14.5. The van der Waals surface area contributed by atoms with E-state index in [9.17, 15) is 4.39 Å². The molecule has 0 saturated heterocycles. The van der Waals surface area contributed by atoms with Crippen LogP contribution in [0.3, 0.4) is 0 Å². The van der Waals surface area contributed by atoms with Gasteiger partial charge in [0.05, 0.1) is 17.7 Å². The second-order valence-electron chi connectivity index (χ2n) is 5.42. The van der Waals surface area contributed by atoms with E-state index in [1.165, 1.54) is 12.1 Å². The van der Waals surface area contributed by atoms with Crippen molar-refractivity contribution < 1.29 is 18.6 Å². The van der Waals surface area contributed by atoms with E-state index in [0.29, 0.717) is 37.9 Å². The maximum absolute atomic E-state index is 13.0. The Kier molecular flexibility index (Phi) is 8.18. The van der Waals surface area contributed by atoms with Gasteiger partial charge in [-0.25, -0.2) is 4.39 Å². The molecule has 0 aliphatic rings. The highest BCUT2D eigenvalue weighted by atomic mass is 79.9. The van der Waals surface area contributed by atoms with E-state index < -0.39 is 0 Å². The van der Waals surface area contributed by atoms with Crippen molar-refractivity contribution in [1.82, 2.24) is 5.32 Å². The normalized spacial score (nSPS) is 10.7. The fraction of sp³-hybridized carbons (Fsp3) is 0.368. The molecule has 0 atom stereocenters. The minimum absolute atomic E-state index is 0.259. The third-order valence-electron chi connectivity index (χ3n) is 3.48. The predicted molar refractivity (Wildman–Crippen MR) is 99.6 cm³/mol. The van der Waals surface area contributed by atoms with Crippen molar-refractivity contribution in [3.8, 4) is 11.5 Å². The quantitative estimate of drug-likeness (QED) is 0.591. The number of halogens is 2. The lowest BCUT2D eigenvalue weighted by molar-refractivity contribution is 0.199. The summed E-state index contributed by atoms with van der Waals surface area (Å²) < 4.78 is 30.5. The van der Waals surface area contributed by atoms with Crippen LogP contribution in [0.5, 0.6) is 11.5 Å². The van der Waals surface area contributed by atoms with Gasteiger partial charge in [0.25, 0.3) is 0 Å². The van der Waals surface area contributed by atoms with E-state index in [1.807, 2.05) is 19.1 Å². The summed E-state index contributed by atoms with van der Waals surface area (Å²) in [5, 5.41) is 3.30. The molecule has 136 valence electrons. The number of benzene rings is 2. The van der Waals surface area contributed by atoms with Crippen LogP contribution in [-0.2, 0) is 17.9 Å². The fourth-order valence-electron chi connectivity index (χ4n) is 2.27. The average Bonchev–Trinajstić information content (AvgIpc) is 2.60. The van der Waals surface area contributed by atoms with Gasteiger partial charge in [0.15, 0.2) is 11.5 Å². The summed E-state index contributed by atoms with van der Waals surface area (Å²) in [5.74, 6) is 1.07. The summed E-state index contributed by atoms with van der Waals surface area (Å²) in [4.78, 5) is 0. The van der Waals surface area contributed by atoms with Crippen LogP contribution in [-0.4, -0.2) is 26.9 Å². The van der Waals surface area contributed by atoms with Crippen LogP contribution < -0.4 is 14.8 Å². The van der Waals surface area contributed by atoms with Crippen LogP contribution in [0.4, 0.5) is 4.39 Å². The Morgan fingerprint density at radius 2 is 1.84 bits per heavy atom. The van der Waals surface area contributed by atoms with Gasteiger partial charge in [0.1, 0.15) is 12.4 Å². The molecule has 2 aromatic rings. The lowest BCUT2D eigenvalue weighted by Crippen LogP contribution is -2.18. The molecule has 2 rings (SSSR count). The van der Waals surface area contributed by atoms with Crippen LogP contribution in [0.2, 0.25) is 0 Å². The van der Waals surface area contributed by atoms with E-state index in [0.717, 1.165) is 22.1 Å². The molecule has 1 N–H and O–H groups in total. The van der Waals surface area contributed by atoms with Crippen molar-refractivity contribution in [2.75, 3.05) is 26.9 Å². The Hall–Kier alpha value is -1.63. The number of rotatable bonds is 10. The fourth-order valence-corrected chi connectivity index (χ4v) is 2.87. The van der Waals surface area contributed by atoms with Gasteiger partial charge < -0.3 is 19.5 Å². The van der Waals surface area contributed by atoms with Crippen molar-refractivity contribution in [3.63, 3.8) is 0 Å². The van der Waals surface area contributed by atoms with E-state index >= 15 is 0 Å². The van der Waals surface area contributed by atoms with Crippen molar-refractivity contribution in [3.05, 3.63) is 57.8 Å². The van der Waals surface area contributed by atoms with Crippen LogP contribution in [0.15, 0.2) is 40.9 Å². The summed E-state index contributed by atoms with van der Waals surface area (Å²) in [6, 6.07) is 10.2. The van der Waals surface area contributed by atoms with Gasteiger partial charge in [-0.1, -0.05) is 12.1 Å². The molecular formula is C19H23BrFNO3. The van der Waals surface area contributed by atoms with Crippen LogP contribution in [0.25, 0.3) is 0 Å². The van der Waals surface area contributed by atoms with Gasteiger partial charge in [-0.3, -0.25) is 0 Å². The molecule has 0 saturated carbocycles.